The van der Waals surface area contributed by atoms with Crippen LogP contribution in [0, 0.1) is 0 Å². The van der Waals surface area contributed by atoms with Crippen molar-refractivity contribution in [2.45, 2.75) is 6.18 Å². The first-order valence-electron chi connectivity index (χ1n) is 10.5. The minimum Gasteiger partial charge on any atom is -0.368 e. The van der Waals surface area contributed by atoms with Crippen LogP contribution < -0.4 is 10.5 Å². The van der Waals surface area contributed by atoms with Gasteiger partial charge in [0.05, 0.1) is 22.0 Å². The highest BCUT2D eigenvalue weighted by Gasteiger charge is 2.31. The Morgan fingerprint density at radius 3 is 2.47 bits per heavy atom. The maximum absolute atomic E-state index is 13.1. The van der Waals surface area contributed by atoms with Crippen LogP contribution in [0.1, 0.15) is 15.9 Å². The van der Waals surface area contributed by atoms with Gasteiger partial charge >= 0.3 is 6.18 Å². The number of fused-ring (bicyclic) bond motifs is 2. The number of pyridine rings is 1. The highest BCUT2D eigenvalue weighted by molar-refractivity contribution is 6.31. The Hall–Kier alpha value is -3.59. The second-order valence-electron chi connectivity index (χ2n) is 8.05. The Labute approximate surface area is 196 Å². The monoisotopic (exact) mass is 486 g/mol. The zero-order valence-corrected chi connectivity index (χ0v) is 18.5. The minimum atomic E-state index is -4.41. The van der Waals surface area contributed by atoms with Crippen LogP contribution in [-0.4, -0.2) is 46.4 Å². The lowest BCUT2D eigenvalue weighted by Gasteiger charge is -2.36. The maximum atomic E-state index is 13.1. The predicted octanol–water partition coefficient (Wildman–Crippen LogP) is 4.48. The summed E-state index contributed by atoms with van der Waals surface area (Å²) in [4.78, 5) is 33.9. The molecule has 2 aromatic carbocycles. The summed E-state index contributed by atoms with van der Waals surface area (Å²) >= 11 is 6.02. The smallest absolute Gasteiger partial charge is 0.368 e. The van der Waals surface area contributed by atoms with E-state index >= 15 is 0 Å². The summed E-state index contributed by atoms with van der Waals surface area (Å²) in [6, 6.07) is 13.3. The molecule has 1 saturated heterocycles. The molecule has 0 radical (unpaired) electrons. The molecule has 0 saturated carbocycles. The zero-order chi connectivity index (χ0) is 24.0. The standard InChI is InChI=1S/C24H18ClF3N4O2/c25-17-5-6-20-19(13-17)23(34)32-14-15(4-7-21(32)29-20)22(33)31-10-8-30(9-11-31)18-3-1-2-16(12-18)24(26,27)28/h1-7,12-14H,8-11H2. The summed E-state index contributed by atoms with van der Waals surface area (Å²) < 4.78 is 40.4. The van der Waals surface area contributed by atoms with Gasteiger partial charge in [-0.3, -0.25) is 14.0 Å². The van der Waals surface area contributed by atoms with Crippen molar-refractivity contribution in [1.82, 2.24) is 14.3 Å². The fourth-order valence-electron chi connectivity index (χ4n) is 4.13. The van der Waals surface area contributed by atoms with Gasteiger partial charge in [0.1, 0.15) is 5.65 Å². The van der Waals surface area contributed by atoms with Crippen LogP contribution in [0.25, 0.3) is 16.6 Å². The molecule has 0 unspecified atom stereocenters. The number of halogens is 4. The lowest BCUT2D eigenvalue weighted by Crippen LogP contribution is -2.48. The molecular weight excluding hydrogens is 469 g/mol. The van der Waals surface area contributed by atoms with Gasteiger partial charge in [-0.05, 0) is 48.5 Å². The number of carbonyl (C=O) groups is 1. The molecule has 0 N–H and O–H groups in total. The number of hydrogen-bond acceptors (Lipinski definition) is 4. The number of rotatable bonds is 2. The van der Waals surface area contributed by atoms with Crippen molar-refractivity contribution in [3.8, 4) is 0 Å². The van der Waals surface area contributed by atoms with E-state index < -0.39 is 11.7 Å². The molecule has 0 aliphatic carbocycles. The van der Waals surface area contributed by atoms with Crippen molar-refractivity contribution in [3.63, 3.8) is 0 Å². The number of hydrogen-bond donors (Lipinski definition) is 0. The van der Waals surface area contributed by atoms with E-state index in [9.17, 15) is 22.8 Å². The Kier molecular flexibility index (Phi) is 5.44. The van der Waals surface area contributed by atoms with Crippen LogP contribution in [0.15, 0.2) is 65.6 Å². The van der Waals surface area contributed by atoms with Crippen LogP contribution in [0.5, 0.6) is 0 Å². The molecule has 0 atom stereocenters. The third kappa shape index (κ3) is 4.07. The second-order valence-corrected chi connectivity index (χ2v) is 8.49. The van der Waals surface area contributed by atoms with E-state index in [-0.39, 0.29) is 11.5 Å². The van der Waals surface area contributed by atoms with Gasteiger partial charge in [0.2, 0.25) is 0 Å². The third-order valence-electron chi connectivity index (χ3n) is 5.92. The summed E-state index contributed by atoms with van der Waals surface area (Å²) in [5, 5.41) is 0.765. The topological polar surface area (TPSA) is 57.9 Å². The summed E-state index contributed by atoms with van der Waals surface area (Å²) in [7, 11) is 0. The molecule has 1 amide bonds. The first kappa shape index (κ1) is 22.2. The highest BCUT2D eigenvalue weighted by atomic mass is 35.5. The van der Waals surface area contributed by atoms with Crippen molar-refractivity contribution < 1.29 is 18.0 Å². The number of piperazine rings is 1. The van der Waals surface area contributed by atoms with Crippen molar-refractivity contribution in [2.75, 3.05) is 31.1 Å². The molecule has 2 aromatic heterocycles. The molecule has 34 heavy (non-hydrogen) atoms. The van der Waals surface area contributed by atoms with Crippen molar-refractivity contribution in [2.24, 2.45) is 0 Å². The van der Waals surface area contributed by atoms with E-state index in [1.807, 2.05) is 4.90 Å². The number of benzene rings is 2. The van der Waals surface area contributed by atoms with Crippen molar-refractivity contribution >= 4 is 39.7 Å². The number of amides is 1. The molecule has 1 fully saturated rings. The molecule has 4 aromatic rings. The molecular formula is C24H18ClF3N4O2. The van der Waals surface area contributed by atoms with Crippen LogP contribution in [0.4, 0.5) is 18.9 Å². The number of anilines is 1. The predicted molar refractivity (Wildman–Crippen MR) is 124 cm³/mol. The van der Waals surface area contributed by atoms with Crippen LogP contribution in [0.3, 0.4) is 0 Å². The number of alkyl halides is 3. The molecule has 174 valence electrons. The van der Waals surface area contributed by atoms with E-state index in [1.165, 1.54) is 16.7 Å². The van der Waals surface area contributed by atoms with E-state index in [1.54, 1.807) is 41.3 Å². The Balaban J connectivity index is 1.36. The Morgan fingerprint density at radius 1 is 0.971 bits per heavy atom. The lowest BCUT2D eigenvalue weighted by atomic mass is 10.1. The first-order chi connectivity index (χ1) is 16.2. The van der Waals surface area contributed by atoms with Crippen molar-refractivity contribution in [3.05, 3.63) is 87.3 Å². The van der Waals surface area contributed by atoms with Gasteiger partial charge in [0, 0.05) is 43.1 Å². The SMILES string of the molecule is O=C(c1ccc2nc3ccc(Cl)cc3c(=O)n2c1)N1CCN(c2cccc(C(F)(F)F)c2)CC1. The molecule has 0 bridgehead atoms. The maximum Gasteiger partial charge on any atom is 0.416 e. The quantitative estimate of drug-likeness (QED) is 0.392. The van der Waals surface area contributed by atoms with E-state index in [2.05, 4.69) is 4.98 Å². The highest BCUT2D eigenvalue weighted by Crippen LogP contribution is 2.32. The summed E-state index contributed by atoms with van der Waals surface area (Å²) in [5.41, 5.74) is 0.685. The van der Waals surface area contributed by atoms with E-state index in [4.69, 9.17) is 11.6 Å². The molecule has 6 nitrogen and oxygen atoms in total. The average Bonchev–Trinajstić information content (AvgIpc) is 2.84. The fraction of sp³-hybridized carbons (Fsp3) is 0.208. The lowest BCUT2D eigenvalue weighted by molar-refractivity contribution is -0.137. The summed E-state index contributed by atoms with van der Waals surface area (Å²) in [6.07, 6.45) is -2.94. The Morgan fingerprint density at radius 2 is 1.74 bits per heavy atom. The zero-order valence-electron chi connectivity index (χ0n) is 17.7. The summed E-state index contributed by atoms with van der Waals surface area (Å²) in [6.45, 7) is 1.47. The molecule has 3 heterocycles. The van der Waals surface area contributed by atoms with Gasteiger partial charge < -0.3 is 9.80 Å². The van der Waals surface area contributed by atoms with Gasteiger partial charge in [-0.1, -0.05) is 17.7 Å². The molecule has 5 rings (SSSR count). The minimum absolute atomic E-state index is 0.260. The average molecular weight is 487 g/mol. The number of nitrogens with zero attached hydrogens (tertiary/aromatic N) is 4. The fourth-order valence-corrected chi connectivity index (χ4v) is 4.30. The van der Waals surface area contributed by atoms with Crippen LogP contribution in [-0.2, 0) is 6.18 Å². The van der Waals surface area contributed by atoms with Gasteiger partial charge in [-0.25, -0.2) is 4.98 Å². The first-order valence-corrected chi connectivity index (χ1v) is 10.9. The number of carbonyl (C=O) groups excluding carboxylic acids is 1. The third-order valence-corrected chi connectivity index (χ3v) is 6.16. The van der Waals surface area contributed by atoms with E-state index in [0.29, 0.717) is 59.0 Å². The van der Waals surface area contributed by atoms with Gasteiger partial charge in [-0.15, -0.1) is 0 Å². The molecule has 10 heteroatoms. The summed E-state index contributed by atoms with van der Waals surface area (Å²) in [5.74, 6) is -0.260. The van der Waals surface area contributed by atoms with Crippen LogP contribution >= 0.6 is 11.6 Å². The van der Waals surface area contributed by atoms with Gasteiger partial charge in [0.15, 0.2) is 0 Å². The van der Waals surface area contributed by atoms with E-state index in [0.717, 1.165) is 12.1 Å². The van der Waals surface area contributed by atoms with Crippen molar-refractivity contribution in [1.29, 1.82) is 0 Å². The Bertz CT molecular complexity index is 1480. The van der Waals surface area contributed by atoms with Gasteiger partial charge in [-0.2, -0.15) is 13.2 Å². The van der Waals surface area contributed by atoms with Crippen LogP contribution in [0.2, 0.25) is 5.02 Å². The molecule has 0 spiro atoms. The number of aromatic nitrogens is 2. The largest absolute Gasteiger partial charge is 0.416 e. The second kappa shape index (κ2) is 8.32. The molecule has 1 aliphatic rings. The molecule has 1 aliphatic heterocycles. The normalized spacial score (nSPS) is 14.7. The van der Waals surface area contributed by atoms with Gasteiger partial charge in [0.25, 0.3) is 11.5 Å².